The summed E-state index contributed by atoms with van der Waals surface area (Å²) in [5, 5.41) is 11.6. The van der Waals surface area contributed by atoms with Gasteiger partial charge in [-0.3, -0.25) is 0 Å². The second kappa shape index (κ2) is 18.9. The lowest BCUT2D eigenvalue weighted by Crippen LogP contribution is -2.48. The maximum absolute atomic E-state index is 5.56. The number of fused-ring (bicyclic) bond motifs is 12. The number of benzene rings is 9. The topological polar surface area (TPSA) is 61.9 Å². The molecule has 0 amide bonds. The zero-order valence-electron chi connectivity index (χ0n) is 46.8. The van der Waals surface area contributed by atoms with Gasteiger partial charge in [-0.1, -0.05) is 220 Å². The highest BCUT2D eigenvalue weighted by molar-refractivity contribution is 6.16. The monoisotopic (exact) mass is 1080 g/mol. The maximum Gasteiger partial charge on any atom is 0.205 e. The molecule has 402 valence electrons. The molecule has 3 aliphatic carbocycles. The number of hydrogen-bond donors (Lipinski definition) is 2. The van der Waals surface area contributed by atoms with E-state index in [0.717, 1.165) is 74.9 Å². The smallest absolute Gasteiger partial charge is 0.205 e. The molecule has 4 unspecified atom stereocenters. The summed E-state index contributed by atoms with van der Waals surface area (Å²) >= 11 is 0. The highest BCUT2D eigenvalue weighted by atomic mass is 15.4. The van der Waals surface area contributed by atoms with E-state index in [4.69, 9.17) is 9.98 Å². The van der Waals surface area contributed by atoms with E-state index in [1.165, 1.54) is 77.5 Å². The number of para-hydroxylation sites is 2. The molecule has 3 aliphatic heterocycles. The van der Waals surface area contributed by atoms with Crippen molar-refractivity contribution < 1.29 is 0 Å². The van der Waals surface area contributed by atoms with Gasteiger partial charge < -0.3 is 24.7 Å². The van der Waals surface area contributed by atoms with E-state index < -0.39 is 0 Å². The number of nitrogens with one attached hydrogen (secondary N) is 2. The fraction of sp³-hybridized carbons (Fsp3) is 0.117. The van der Waals surface area contributed by atoms with Crippen LogP contribution in [0.5, 0.6) is 0 Å². The van der Waals surface area contributed by atoms with Crippen molar-refractivity contribution >= 4 is 73.1 Å². The van der Waals surface area contributed by atoms with Crippen LogP contribution in [0.2, 0.25) is 0 Å². The highest BCUT2D eigenvalue weighted by Gasteiger charge is 2.47. The second-order valence-corrected chi connectivity index (χ2v) is 23.7. The molecular weight excluding hydrogens is 1020 g/mol. The first-order chi connectivity index (χ1) is 41.4. The Kier molecular flexibility index (Phi) is 10.9. The largest absolute Gasteiger partial charge is 0.346 e. The van der Waals surface area contributed by atoms with Crippen LogP contribution in [0.3, 0.4) is 0 Å². The molecule has 0 spiro atoms. The molecule has 2 aromatic heterocycles. The van der Waals surface area contributed by atoms with Gasteiger partial charge >= 0.3 is 0 Å². The van der Waals surface area contributed by atoms with Crippen LogP contribution >= 0.6 is 0 Å². The molecule has 0 bridgehead atoms. The molecule has 2 N–H and O–H groups in total. The normalized spacial score (nSPS) is 19.9. The Morgan fingerprint density at radius 3 is 2.07 bits per heavy atom. The van der Waals surface area contributed by atoms with Gasteiger partial charge in [0.05, 0.1) is 40.0 Å². The van der Waals surface area contributed by atoms with Gasteiger partial charge in [-0.15, -0.1) is 0 Å². The molecule has 11 aromatic rings. The van der Waals surface area contributed by atoms with Gasteiger partial charge in [-0.05, 0) is 123 Å². The van der Waals surface area contributed by atoms with Crippen LogP contribution in [0.15, 0.2) is 270 Å². The third kappa shape index (κ3) is 7.58. The number of nitrogens with zero attached hydrogens (tertiary/aromatic N) is 5. The van der Waals surface area contributed by atoms with Crippen LogP contribution in [-0.4, -0.2) is 26.8 Å². The summed E-state index contributed by atoms with van der Waals surface area (Å²) in [6.07, 6.45) is 15.8. The highest BCUT2D eigenvalue weighted by Crippen LogP contribution is 2.56. The molecule has 7 heteroatoms. The standard InChI is InChI=1S/C77H59N7/c1-77(2)63-35-18-15-32-55(63)59-42-60-56-33-16-19-36-69(56)84(74(60)45-64(59)77)76-80-67(50-26-11-5-12-27-50)47-68(81-76)53-29-21-28-51(40-53)52-38-39-58-62-44-73-61(43-72(62)82(71(58)41-52)54-30-13-6-14-31-54)57-34-17-20-37-70(57)83(73)75-78-65(48-22-7-3-8-23-48)46-66(79-75)49-24-9-4-10-25-49/h3-19,21-36,38-47,60,68,74-75,78H,20,37H2,1-2H3,(H,80,81). The van der Waals surface area contributed by atoms with E-state index in [2.05, 4.69) is 299 Å². The minimum absolute atomic E-state index is 0.0444. The Bertz CT molecular complexity index is 4760. The summed E-state index contributed by atoms with van der Waals surface area (Å²) in [7, 11) is 0. The average molecular weight is 1080 g/mol. The zero-order valence-corrected chi connectivity index (χ0v) is 46.8. The van der Waals surface area contributed by atoms with E-state index in [1.54, 1.807) is 0 Å². The Hall–Kier alpha value is -10.2. The first-order valence-corrected chi connectivity index (χ1v) is 29.6. The Morgan fingerprint density at radius 1 is 0.560 bits per heavy atom. The van der Waals surface area contributed by atoms with E-state index in [1.807, 2.05) is 0 Å². The van der Waals surface area contributed by atoms with Crippen LogP contribution in [0.4, 0.5) is 5.69 Å². The molecule has 0 saturated carbocycles. The van der Waals surface area contributed by atoms with E-state index in [0.29, 0.717) is 0 Å². The molecule has 0 radical (unpaired) electrons. The fourth-order valence-electron chi connectivity index (χ4n) is 14.6. The summed E-state index contributed by atoms with van der Waals surface area (Å²) in [6, 6.07) is 81.7. The lowest BCUT2D eigenvalue weighted by Gasteiger charge is -2.36. The van der Waals surface area contributed by atoms with Gasteiger partial charge in [-0.2, -0.15) is 0 Å². The van der Waals surface area contributed by atoms with Gasteiger partial charge in [0.1, 0.15) is 0 Å². The van der Waals surface area contributed by atoms with Crippen LogP contribution in [0.25, 0.3) is 72.6 Å². The SMILES string of the molecule is CC1(C)C2=CC3C(C=C2c2ccccc21)c1ccccc1N3C1=NC(c2ccccc2)=CC(c2cccc(-c3ccc4c5cc6c(cc5n(-c5ccccc5)c4c3)c3c(n6C4N=C(c5ccccc5)C=C(c5ccccc5)N4)CCC=C3)c2)N1. The van der Waals surface area contributed by atoms with E-state index in [-0.39, 0.29) is 29.7 Å². The van der Waals surface area contributed by atoms with Crippen molar-refractivity contribution in [2.45, 2.75) is 56.4 Å². The van der Waals surface area contributed by atoms with Gasteiger partial charge in [0.15, 0.2) is 0 Å². The third-order valence-corrected chi connectivity index (χ3v) is 18.6. The van der Waals surface area contributed by atoms with Crippen molar-refractivity contribution in [2.24, 2.45) is 9.98 Å². The van der Waals surface area contributed by atoms with Gasteiger partial charge in [0.2, 0.25) is 12.2 Å². The number of anilines is 1. The average Bonchev–Trinajstić information content (AvgIpc) is 1.87. The van der Waals surface area contributed by atoms with Crippen molar-refractivity contribution in [3.8, 4) is 16.8 Å². The Morgan fingerprint density at radius 2 is 1.25 bits per heavy atom. The second-order valence-electron chi connectivity index (χ2n) is 23.7. The third-order valence-electron chi connectivity index (χ3n) is 18.6. The predicted molar refractivity (Wildman–Crippen MR) is 347 cm³/mol. The summed E-state index contributed by atoms with van der Waals surface area (Å²) in [4.78, 5) is 13.6. The quantitative estimate of drug-likeness (QED) is 0.167. The number of hydrogen-bond acceptors (Lipinski definition) is 5. The Labute approximate surface area is 489 Å². The van der Waals surface area contributed by atoms with E-state index >= 15 is 0 Å². The van der Waals surface area contributed by atoms with Gasteiger partial charge in [0, 0.05) is 61.4 Å². The summed E-state index contributed by atoms with van der Waals surface area (Å²) in [5.74, 6) is 1.02. The summed E-state index contributed by atoms with van der Waals surface area (Å²) in [5.41, 5.74) is 24.8. The van der Waals surface area contributed by atoms with Crippen molar-refractivity contribution in [3.63, 3.8) is 0 Å². The van der Waals surface area contributed by atoms with Gasteiger partial charge in [-0.25, -0.2) is 9.98 Å². The van der Waals surface area contributed by atoms with Crippen LogP contribution in [0, 0.1) is 0 Å². The molecule has 17 rings (SSSR count). The van der Waals surface area contributed by atoms with Crippen molar-refractivity contribution in [1.82, 2.24) is 19.8 Å². The molecule has 6 aliphatic rings. The van der Waals surface area contributed by atoms with Crippen LogP contribution in [0.1, 0.15) is 88.7 Å². The molecule has 0 fully saturated rings. The minimum Gasteiger partial charge on any atom is -0.346 e. The van der Waals surface area contributed by atoms with Crippen LogP contribution in [-0.2, 0) is 11.8 Å². The van der Waals surface area contributed by atoms with Crippen molar-refractivity contribution in [2.75, 3.05) is 4.90 Å². The van der Waals surface area contributed by atoms with Crippen LogP contribution < -0.4 is 15.5 Å². The van der Waals surface area contributed by atoms with Crippen molar-refractivity contribution in [3.05, 3.63) is 311 Å². The molecule has 7 nitrogen and oxygen atoms in total. The molecule has 0 saturated heterocycles. The minimum atomic E-state index is -0.368. The molecule has 84 heavy (non-hydrogen) atoms. The number of rotatable bonds is 7. The zero-order chi connectivity index (χ0) is 55.6. The fourth-order valence-corrected chi connectivity index (χ4v) is 14.6. The summed E-state index contributed by atoms with van der Waals surface area (Å²) in [6.45, 7) is 4.76. The molecule has 9 aromatic carbocycles. The number of aliphatic imine (C=N–C) groups is 2. The summed E-state index contributed by atoms with van der Waals surface area (Å²) < 4.78 is 4.96. The van der Waals surface area contributed by atoms with E-state index in [9.17, 15) is 0 Å². The number of allylic oxidation sites excluding steroid dienone is 4. The lowest BCUT2D eigenvalue weighted by molar-refractivity contribution is 0.479. The molecular formula is C77H59N7. The Balaban J connectivity index is 0.781. The molecule has 5 heterocycles. The molecule has 4 atom stereocenters. The predicted octanol–water partition coefficient (Wildman–Crippen LogP) is 17.3. The van der Waals surface area contributed by atoms with Gasteiger partial charge in [0.25, 0.3) is 0 Å². The maximum atomic E-state index is 5.56. The lowest BCUT2D eigenvalue weighted by atomic mass is 9.77. The number of aromatic nitrogens is 2. The van der Waals surface area contributed by atoms with Crippen molar-refractivity contribution in [1.29, 1.82) is 0 Å². The first-order valence-electron chi connectivity index (χ1n) is 29.6. The number of guanidine groups is 1. The first kappa shape index (κ1) is 48.5.